The van der Waals surface area contributed by atoms with Crippen molar-refractivity contribution in [1.29, 1.82) is 0 Å². The van der Waals surface area contributed by atoms with Crippen molar-refractivity contribution in [3.05, 3.63) is 64.2 Å². The minimum absolute atomic E-state index is 0.312. The van der Waals surface area contributed by atoms with Crippen LogP contribution in [0.5, 0.6) is 0 Å². The van der Waals surface area contributed by atoms with Gasteiger partial charge in [0.2, 0.25) is 0 Å². The van der Waals surface area contributed by atoms with Crippen LogP contribution in [-0.2, 0) is 16.0 Å². The highest BCUT2D eigenvalue weighted by Crippen LogP contribution is 2.38. The van der Waals surface area contributed by atoms with E-state index in [2.05, 4.69) is 18.2 Å². The molecule has 2 aromatic rings. The Morgan fingerprint density at radius 3 is 2.67 bits per heavy atom. The van der Waals surface area contributed by atoms with Gasteiger partial charge in [0.15, 0.2) is 0 Å². The van der Waals surface area contributed by atoms with Crippen molar-refractivity contribution in [1.82, 2.24) is 0 Å². The Bertz CT molecular complexity index is 732. The number of esters is 1. The fourth-order valence-electron chi connectivity index (χ4n) is 2.66. The highest BCUT2D eigenvalue weighted by atomic mass is 35.5. The third-order valence-corrected chi connectivity index (χ3v) is 3.80. The Balaban J connectivity index is 1.87. The molecule has 0 heterocycles. The van der Waals surface area contributed by atoms with E-state index in [0.717, 1.165) is 17.0 Å². The molecular formula is C18H15ClO2. The van der Waals surface area contributed by atoms with Crippen molar-refractivity contribution < 1.29 is 9.53 Å². The van der Waals surface area contributed by atoms with Gasteiger partial charge in [-0.3, -0.25) is 0 Å². The highest BCUT2D eigenvalue weighted by Gasteiger charge is 2.18. The third-order valence-electron chi connectivity index (χ3n) is 3.57. The van der Waals surface area contributed by atoms with E-state index in [1.54, 1.807) is 13.0 Å². The van der Waals surface area contributed by atoms with Crippen LogP contribution < -0.4 is 0 Å². The maximum absolute atomic E-state index is 11.3. The largest absolute Gasteiger partial charge is 0.463 e. The van der Waals surface area contributed by atoms with Gasteiger partial charge in [0.05, 0.1) is 6.61 Å². The number of hydrogen-bond donors (Lipinski definition) is 0. The van der Waals surface area contributed by atoms with Crippen molar-refractivity contribution in [2.45, 2.75) is 13.3 Å². The molecule has 0 N–H and O–H groups in total. The molecule has 0 spiro atoms. The molecule has 0 aliphatic heterocycles. The second-order valence-electron chi connectivity index (χ2n) is 4.98. The summed E-state index contributed by atoms with van der Waals surface area (Å²) in [5, 5.41) is 0.768. The summed E-state index contributed by atoms with van der Waals surface area (Å²) in [4.78, 5) is 11.3. The fraction of sp³-hybridized carbons (Fsp3) is 0.167. The lowest BCUT2D eigenvalue weighted by Gasteiger charge is -2.02. The number of fused-ring (bicyclic) bond motifs is 3. The molecule has 1 aliphatic rings. The zero-order valence-electron chi connectivity index (χ0n) is 11.7. The lowest BCUT2D eigenvalue weighted by molar-refractivity contribution is -0.137. The summed E-state index contributed by atoms with van der Waals surface area (Å²) < 4.78 is 4.88. The van der Waals surface area contributed by atoms with Crippen LogP contribution in [0.3, 0.4) is 0 Å². The Morgan fingerprint density at radius 1 is 1.19 bits per heavy atom. The normalized spacial score (nSPS) is 12.3. The van der Waals surface area contributed by atoms with Gasteiger partial charge in [-0.2, -0.15) is 0 Å². The molecule has 0 saturated heterocycles. The van der Waals surface area contributed by atoms with E-state index in [9.17, 15) is 4.79 Å². The van der Waals surface area contributed by atoms with E-state index >= 15 is 0 Å². The average Bonchev–Trinajstić information content (AvgIpc) is 2.81. The molecule has 3 rings (SSSR count). The molecule has 3 heteroatoms. The van der Waals surface area contributed by atoms with Crippen LogP contribution in [0.4, 0.5) is 0 Å². The number of benzene rings is 2. The van der Waals surface area contributed by atoms with E-state index < -0.39 is 0 Å². The number of ether oxygens (including phenoxy) is 1. The van der Waals surface area contributed by atoms with Gasteiger partial charge in [-0.15, -0.1) is 0 Å². The topological polar surface area (TPSA) is 26.3 Å². The molecule has 21 heavy (non-hydrogen) atoms. The van der Waals surface area contributed by atoms with E-state index in [4.69, 9.17) is 16.3 Å². The Labute approximate surface area is 129 Å². The molecule has 1 aliphatic carbocycles. The summed E-state index contributed by atoms with van der Waals surface area (Å²) in [5.74, 6) is -0.312. The van der Waals surface area contributed by atoms with Crippen molar-refractivity contribution >= 4 is 23.6 Å². The zero-order valence-corrected chi connectivity index (χ0v) is 12.5. The summed E-state index contributed by atoms with van der Waals surface area (Å²) in [6.45, 7) is 2.19. The van der Waals surface area contributed by atoms with Crippen LogP contribution in [0.15, 0.2) is 42.5 Å². The summed E-state index contributed by atoms with van der Waals surface area (Å²) in [5.41, 5.74) is 6.01. The molecule has 2 aromatic carbocycles. The lowest BCUT2D eigenvalue weighted by atomic mass is 10.0. The van der Waals surface area contributed by atoms with Crippen LogP contribution in [0.25, 0.3) is 17.2 Å². The molecule has 0 radical (unpaired) electrons. The number of carbonyl (C=O) groups is 1. The molecule has 106 valence electrons. The Kier molecular flexibility index (Phi) is 3.80. The van der Waals surface area contributed by atoms with Gasteiger partial charge in [0.25, 0.3) is 0 Å². The predicted molar refractivity (Wildman–Crippen MR) is 85.4 cm³/mol. The van der Waals surface area contributed by atoms with Crippen molar-refractivity contribution in [2.75, 3.05) is 6.61 Å². The van der Waals surface area contributed by atoms with E-state index in [0.29, 0.717) is 6.61 Å². The number of carbonyl (C=O) groups excluding carboxylic acids is 1. The van der Waals surface area contributed by atoms with Crippen LogP contribution >= 0.6 is 11.6 Å². The summed E-state index contributed by atoms with van der Waals surface area (Å²) in [6.07, 6.45) is 4.13. The minimum Gasteiger partial charge on any atom is -0.463 e. The number of rotatable bonds is 3. The minimum atomic E-state index is -0.312. The van der Waals surface area contributed by atoms with Crippen molar-refractivity contribution in [3.8, 4) is 11.1 Å². The molecular weight excluding hydrogens is 284 g/mol. The standard InChI is InChI=1S/C18H15ClO2/c1-2-21-18(20)8-4-12-3-6-16-13(9-12)10-14-11-15(19)5-7-17(14)16/h3-9,11H,2,10H2,1H3. The fourth-order valence-corrected chi connectivity index (χ4v) is 2.85. The second kappa shape index (κ2) is 5.74. The Morgan fingerprint density at radius 2 is 1.90 bits per heavy atom. The molecule has 0 amide bonds. The first-order valence-electron chi connectivity index (χ1n) is 6.94. The van der Waals surface area contributed by atoms with Crippen LogP contribution in [-0.4, -0.2) is 12.6 Å². The maximum Gasteiger partial charge on any atom is 0.330 e. The van der Waals surface area contributed by atoms with Crippen LogP contribution in [0.1, 0.15) is 23.6 Å². The van der Waals surface area contributed by atoms with Gasteiger partial charge in [0.1, 0.15) is 0 Å². The van der Waals surface area contributed by atoms with Crippen LogP contribution in [0.2, 0.25) is 5.02 Å². The molecule has 0 atom stereocenters. The SMILES string of the molecule is CCOC(=O)C=Cc1ccc2c(c1)Cc1cc(Cl)ccc1-2. The van der Waals surface area contributed by atoms with Gasteiger partial charge in [-0.1, -0.05) is 35.9 Å². The summed E-state index contributed by atoms with van der Waals surface area (Å²) in [7, 11) is 0. The maximum atomic E-state index is 11.3. The second-order valence-corrected chi connectivity index (χ2v) is 5.42. The predicted octanol–water partition coefficient (Wildman–Crippen LogP) is 4.49. The van der Waals surface area contributed by atoms with Gasteiger partial charge in [0, 0.05) is 11.1 Å². The van der Waals surface area contributed by atoms with Gasteiger partial charge in [-0.05, 0) is 59.4 Å². The zero-order chi connectivity index (χ0) is 14.8. The number of halogens is 1. The molecule has 0 aromatic heterocycles. The third kappa shape index (κ3) is 2.86. The smallest absolute Gasteiger partial charge is 0.330 e. The Hall–Kier alpha value is -2.06. The molecule has 0 bridgehead atoms. The quantitative estimate of drug-likeness (QED) is 0.526. The first-order chi connectivity index (χ1) is 10.2. The monoisotopic (exact) mass is 298 g/mol. The van der Waals surface area contributed by atoms with Crippen molar-refractivity contribution in [3.63, 3.8) is 0 Å². The molecule has 2 nitrogen and oxygen atoms in total. The summed E-state index contributed by atoms with van der Waals surface area (Å²) in [6, 6.07) is 12.2. The lowest BCUT2D eigenvalue weighted by Crippen LogP contribution is -1.98. The first-order valence-corrected chi connectivity index (χ1v) is 7.31. The van der Waals surface area contributed by atoms with Gasteiger partial charge in [-0.25, -0.2) is 4.79 Å². The van der Waals surface area contributed by atoms with E-state index in [1.165, 1.54) is 28.3 Å². The van der Waals surface area contributed by atoms with Crippen molar-refractivity contribution in [2.24, 2.45) is 0 Å². The van der Waals surface area contributed by atoms with Crippen LogP contribution in [0, 0.1) is 0 Å². The van der Waals surface area contributed by atoms with E-state index in [1.807, 2.05) is 18.2 Å². The average molecular weight is 299 g/mol. The molecule has 0 saturated carbocycles. The highest BCUT2D eigenvalue weighted by molar-refractivity contribution is 6.30. The number of hydrogen-bond acceptors (Lipinski definition) is 2. The first kappa shape index (κ1) is 13.9. The van der Waals surface area contributed by atoms with Gasteiger partial charge < -0.3 is 4.74 Å². The summed E-state index contributed by atoms with van der Waals surface area (Å²) >= 11 is 6.05. The molecule has 0 unspecified atom stereocenters. The molecule has 0 fully saturated rings. The van der Waals surface area contributed by atoms with Gasteiger partial charge >= 0.3 is 5.97 Å². The van der Waals surface area contributed by atoms with E-state index in [-0.39, 0.29) is 5.97 Å².